The average Bonchev–Trinajstić information content (AvgIpc) is 3.04. The van der Waals surface area contributed by atoms with Crippen molar-refractivity contribution < 1.29 is 9.90 Å². The highest BCUT2D eigenvalue weighted by atomic mass is 16.3. The predicted molar refractivity (Wildman–Crippen MR) is 91.2 cm³/mol. The fourth-order valence-corrected chi connectivity index (χ4v) is 3.06. The number of carbonyl (C=O) groups is 1. The first kappa shape index (κ1) is 17.1. The van der Waals surface area contributed by atoms with Crippen molar-refractivity contribution in [2.45, 2.75) is 19.2 Å². The van der Waals surface area contributed by atoms with Crippen LogP contribution >= 0.6 is 0 Å². The SMILES string of the molecule is N#Cc1cccc(CN2CCN(C(=O)Cn3ccnc3)C[C@H](O)C2)c1. The lowest BCUT2D eigenvalue weighted by molar-refractivity contribution is -0.132. The molecule has 1 aliphatic heterocycles. The van der Waals surface area contributed by atoms with Crippen molar-refractivity contribution in [3.05, 3.63) is 54.1 Å². The molecule has 0 saturated carbocycles. The zero-order valence-corrected chi connectivity index (χ0v) is 14.0. The van der Waals surface area contributed by atoms with Crippen molar-refractivity contribution in [2.24, 2.45) is 0 Å². The summed E-state index contributed by atoms with van der Waals surface area (Å²) in [6.07, 6.45) is 4.41. The number of imidazole rings is 1. The third-order valence-corrected chi connectivity index (χ3v) is 4.28. The van der Waals surface area contributed by atoms with Crippen molar-refractivity contribution in [1.29, 1.82) is 5.26 Å². The summed E-state index contributed by atoms with van der Waals surface area (Å²) >= 11 is 0. The van der Waals surface area contributed by atoms with E-state index in [1.54, 1.807) is 34.3 Å². The molecule has 3 rings (SSSR count). The molecule has 7 heteroatoms. The minimum Gasteiger partial charge on any atom is -0.390 e. The van der Waals surface area contributed by atoms with E-state index in [2.05, 4.69) is 16.0 Å². The molecule has 130 valence electrons. The van der Waals surface area contributed by atoms with Gasteiger partial charge in [-0.2, -0.15) is 5.26 Å². The Hall–Kier alpha value is -2.69. The maximum absolute atomic E-state index is 12.4. The van der Waals surface area contributed by atoms with Gasteiger partial charge >= 0.3 is 0 Å². The zero-order valence-electron chi connectivity index (χ0n) is 14.0. The third kappa shape index (κ3) is 4.66. The van der Waals surface area contributed by atoms with Crippen LogP contribution in [-0.2, 0) is 17.9 Å². The molecular weight excluding hydrogens is 318 g/mol. The molecule has 0 bridgehead atoms. The maximum atomic E-state index is 12.4. The van der Waals surface area contributed by atoms with Gasteiger partial charge in [-0.25, -0.2) is 4.98 Å². The third-order valence-electron chi connectivity index (χ3n) is 4.28. The van der Waals surface area contributed by atoms with Crippen LogP contribution in [-0.4, -0.2) is 62.6 Å². The first-order chi connectivity index (χ1) is 12.1. The van der Waals surface area contributed by atoms with Gasteiger partial charge in [0.2, 0.25) is 5.91 Å². The monoisotopic (exact) mass is 339 g/mol. The number of amides is 1. The van der Waals surface area contributed by atoms with Crippen LogP contribution in [0, 0.1) is 11.3 Å². The molecule has 1 amide bonds. The van der Waals surface area contributed by atoms with Crippen LogP contribution in [0.2, 0.25) is 0 Å². The van der Waals surface area contributed by atoms with E-state index in [-0.39, 0.29) is 12.5 Å². The predicted octanol–water partition coefficient (Wildman–Crippen LogP) is 0.460. The Kier molecular flexibility index (Phi) is 5.43. The van der Waals surface area contributed by atoms with E-state index in [4.69, 9.17) is 5.26 Å². The van der Waals surface area contributed by atoms with E-state index < -0.39 is 6.10 Å². The van der Waals surface area contributed by atoms with E-state index >= 15 is 0 Å². The Morgan fingerprint density at radius 2 is 2.24 bits per heavy atom. The van der Waals surface area contributed by atoms with Gasteiger partial charge in [0.05, 0.1) is 24.1 Å². The van der Waals surface area contributed by atoms with Crippen LogP contribution in [0.3, 0.4) is 0 Å². The Balaban J connectivity index is 1.60. The Bertz CT molecular complexity index is 753. The van der Waals surface area contributed by atoms with Crippen molar-refractivity contribution in [3.8, 4) is 6.07 Å². The minimum absolute atomic E-state index is 0.0228. The van der Waals surface area contributed by atoms with Gasteiger partial charge in [0, 0.05) is 45.1 Å². The fraction of sp³-hybridized carbons (Fsp3) is 0.389. The number of hydrogen-bond donors (Lipinski definition) is 1. The summed E-state index contributed by atoms with van der Waals surface area (Å²) in [7, 11) is 0. The molecule has 2 heterocycles. The standard InChI is InChI=1S/C18H21N5O2/c19-9-15-2-1-3-16(8-15)10-21-6-7-23(12-17(24)11-21)18(25)13-22-5-4-20-14-22/h1-5,8,14,17,24H,6-7,10-13H2/t17-/m1/s1. The lowest BCUT2D eigenvalue weighted by Crippen LogP contribution is -2.39. The van der Waals surface area contributed by atoms with Gasteiger partial charge in [0.25, 0.3) is 0 Å². The number of aliphatic hydroxyl groups is 1. The van der Waals surface area contributed by atoms with Gasteiger partial charge in [-0.3, -0.25) is 9.69 Å². The minimum atomic E-state index is -0.589. The molecule has 0 radical (unpaired) electrons. The second-order valence-corrected chi connectivity index (χ2v) is 6.28. The van der Waals surface area contributed by atoms with Gasteiger partial charge in [0.1, 0.15) is 6.54 Å². The van der Waals surface area contributed by atoms with E-state index in [0.717, 1.165) is 5.56 Å². The molecule has 1 saturated heterocycles. The number of hydrogen-bond acceptors (Lipinski definition) is 5. The summed E-state index contributed by atoms with van der Waals surface area (Å²) in [6.45, 7) is 2.98. The maximum Gasteiger partial charge on any atom is 0.242 e. The summed E-state index contributed by atoms with van der Waals surface area (Å²) in [6, 6.07) is 9.61. The second kappa shape index (κ2) is 7.92. The normalized spacial score (nSPS) is 18.6. The highest BCUT2D eigenvalue weighted by Crippen LogP contribution is 2.11. The second-order valence-electron chi connectivity index (χ2n) is 6.28. The van der Waals surface area contributed by atoms with Crippen molar-refractivity contribution in [1.82, 2.24) is 19.4 Å². The smallest absolute Gasteiger partial charge is 0.242 e. The van der Waals surface area contributed by atoms with Gasteiger partial charge in [-0.1, -0.05) is 12.1 Å². The largest absolute Gasteiger partial charge is 0.390 e. The number of aromatic nitrogens is 2. The van der Waals surface area contributed by atoms with Crippen LogP contribution in [0.15, 0.2) is 43.0 Å². The van der Waals surface area contributed by atoms with Gasteiger partial charge in [-0.15, -0.1) is 0 Å². The molecule has 1 aromatic heterocycles. The number of nitriles is 1. The first-order valence-electron chi connectivity index (χ1n) is 8.27. The molecule has 1 atom stereocenters. The number of rotatable bonds is 4. The van der Waals surface area contributed by atoms with E-state index in [1.165, 1.54) is 0 Å². The molecule has 2 aromatic rings. The number of carbonyl (C=O) groups excluding carboxylic acids is 1. The van der Waals surface area contributed by atoms with Gasteiger partial charge in [0.15, 0.2) is 0 Å². The topological polar surface area (TPSA) is 85.4 Å². The van der Waals surface area contributed by atoms with Crippen LogP contribution in [0.4, 0.5) is 0 Å². The Morgan fingerprint density at radius 3 is 3.00 bits per heavy atom. The van der Waals surface area contributed by atoms with E-state index in [1.807, 2.05) is 18.2 Å². The van der Waals surface area contributed by atoms with Crippen LogP contribution < -0.4 is 0 Å². The van der Waals surface area contributed by atoms with Crippen LogP contribution in [0.25, 0.3) is 0 Å². The van der Waals surface area contributed by atoms with Crippen LogP contribution in [0.1, 0.15) is 11.1 Å². The highest BCUT2D eigenvalue weighted by Gasteiger charge is 2.24. The molecular formula is C18H21N5O2. The fourth-order valence-electron chi connectivity index (χ4n) is 3.06. The van der Waals surface area contributed by atoms with E-state index in [0.29, 0.717) is 38.3 Å². The van der Waals surface area contributed by atoms with Gasteiger partial charge < -0.3 is 14.6 Å². The molecule has 0 unspecified atom stereocenters. The van der Waals surface area contributed by atoms with Crippen LogP contribution in [0.5, 0.6) is 0 Å². The molecule has 1 fully saturated rings. The first-order valence-corrected chi connectivity index (χ1v) is 8.27. The molecule has 0 aliphatic carbocycles. The molecule has 0 spiro atoms. The summed E-state index contributed by atoms with van der Waals surface area (Å²) in [5, 5.41) is 19.3. The number of benzene rings is 1. The van der Waals surface area contributed by atoms with Crippen molar-refractivity contribution in [3.63, 3.8) is 0 Å². The number of β-amino-alcohol motifs (C(OH)–C–C–N with tert-alkyl or cyclic N) is 1. The number of aliphatic hydroxyl groups excluding tert-OH is 1. The quantitative estimate of drug-likeness (QED) is 0.875. The Labute approximate surface area is 146 Å². The molecule has 1 N–H and O–H groups in total. The zero-order chi connectivity index (χ0) is 17.6. The average molecular weight is 339 g/mol. The summed E-state index contributed by atoms with van der Waals surface area (Å²) in [5.41, 5.74) is 1.66. The molecule has 7 nitrogen and oxygen atoms in total. The summed E-state index contributed by atoms with van der Waals surface area (Å²) < 4.78 is 1.73. The Morgan fingerprint density at radius 1 is 1.36 bits per heavy atom. The van der Waals surface area contributed by atoms with Crippen molar-refractivity contribution >= 4 is 5.91 Å². The molecule has 25 heavy (non-hydrogen) atoms. The number of nitrogens with zero attached hydrogens (tertiary/aromatic N) is 5. The summed E-state index contributed by atoms with van der Waals surface area (Å²) in [4.78, 5) is 20.2. The molecule has 1 aromatic carbocycles. The molecule has 1 aliphatic rings. The summed E-state index contributed by atoms with van der Waals surface area (Å²) in [5.74, 6) is -0.0228. The highest BCUT2D eigenvalue weighted by molar-refractivity contribution is 5.76. The van der Waals surface area contributed by atoms with Crippen molar-refractivity contribution in [2.75, 3.05) is 26.2 Å². The lowest BCUT2D eigenvalue weighted by atomic mass is 10.1. The lowest BCUT2D eigenvalue weighted by Gasteiger charge is -2.22. The van der Waals surface area contributed by atoms with E-state index in [9.17, 15) is 9.90 Å². The van der Waals surface area contributed by atoms with Gasteiger partial charge in [-0.05, 0) is 17.7 Å².